The number of rotatable bonds is 6. The molecular formula is C19H26N4O3. The number of hydrogen-bond acceptors (Lipinski definition) is 5. The van der Waals surface area contributed by atoms with E-state index in [0.717, 1.165) is 25.7 Å². The Balaban J connectivity index is 1.57. The van der Waals surface area contributed by atoms with Crippen molar-refractivity contribution in [2.45, 2.75) is 57.5 Å². The molecule has 1 aliphatic carbocycles. The topological polar surface area (TPSA) is 82.2 Å². The van der Waals surface area contributed by atoms with Crippen LogP contribution in [0.15, 0.2) is 22.9 Å². The van der Waals surface area contributed by atoms with E-state index in [2.05, 4.69) is 20.0 Å². The molecular weight excluding hydrogens is 332 g/mol. The highest BCUT2D eigenvalue weighted by atomic mass is 16.5. The number of aromatic nitrogens is 3. The number of nitrogens with one attached hydrogen (secondary N) is 1. The molecule has 1 saturated heterocycles. The van der Waals surface area contributed by atoms with Gasteiger partial charge in [0.15, 0.2) is 5.82 Å². The summed E-state index contributed by atoms with van der Waals surface area (Å²) in [4.78, 5) is 17.5. The second-order valence-corrected chi connectivity index (χ2v) is 7.58. The fourth-order valence-corrected chi connectivity index (χ4v) is 3.51. The van der Waals surface area contributed by atoms with E-state index >= 15 is 0 Å². The molecule has 1 amide bonds. The first-order valence-electron chi connectivity index (χ1n) is 9.52. The number of carbonyl (C=O) groups excluding carboxylic acids is 1. The van der Waals surface area contributed by atoms with Crippen LogP contribution in [-0.2, 0) is 4.74 Å². The Hall–Kier alpha value is -2.15. The zero-order valence-electron chi connectivity index (χ0n) is 15.4. The van der Waals surface area contributed by atoms with E-state index < -0.39 is 0 Å². The van der Waals surface area contributed by atoms with Crippen LogP contribution in [0.3, 0.4) is 0 Å². The molecule has 0 spiro atoms. The Morgan fingerprint density at radius 1 is 1.27 bits per heavy atom. The lowest BCUT2D eigenvalue weighted by molar-refractivity contribution is 0.0466. The van der Waals surface area contributed by atoms with E-state index in [-0.39, 0.29) is 23.8 Å². The highest BCUT2D eigenvalue weighted by Crippen LogP contribution is 2.36. The van der Waals surface area contributed by atoms with Crippen molar-refractivity contribution in [1.82, 2.24) is 20.0 Å². The molecule has 0 radical (unpaired) electrons. The lowest BCUT2D eigenvalue weighted by atomic mass is 9.91. The minimum atomic E-state index is -0.283. The molecule has 1 N–H and O–H groups in total. The van der Waals surface area contributed by atoms with Gasteiger partial charge in [0, 0.05) is 31.4 Å². The summed E-state index contributed by atoms with van der Waals surface area (Å²) in [5.74, 6) is 1.51. The normalized spacial score (nSPS) is 19.7. The van der Waals surface area contributed by atoms with Gasteiger partial charge in [-0.3, -0.25) is 4.79 Å². The molecule has 1 saturated carbocycles. The molecule has 0 unspecified atom stereocenters. The van der Waals surface area contributed by atoms with Gasteiger partial charge < -0.3 is 19.1 Å². The first-order chi connectivity index (χ1) is 12.6. The monoisotopic (exact) mass is 358 g/mol. The third-order valence-electron chi connectivity index (χ3n) is 5.22. The maximum absolute atomic E-state index is 13.0. The molecule has 7 nitrogen and oxygen atoms in total. The summed E-state index contributed by atoms with van der Waals surface area (Å²) < 4.78 is 13.1. The molecule has 140 valence electrons. The average Bonchev–Trinajstić information content (AvgIpc) is 3.18. The first kappa shape index (κ1) is 17.3. The van der Waals surface area contributed by atoms with E-state index in [1.807, 2.05) is 32.2 Å². The molecule has 1 aliphatic heterocycles. The van der Waals surface area contributed by atoms with Gasteiger partial charge in [-0.25, -0.2) is 0 Å². The van der Waals surface area contributed by atoms with Gasteiger partial charge in [-0.1, -0.05) is 19.0 Å². The third-order valence-corrected chi connectivity index (χ3v) is 5.22. The summed E-state index contributed by atoms with van der Waals surface area (Å²) in [5.41, 5.74) is 0.702. The van der Waals surface area contributed by atoms with Crippen LogP contribution < -0.4 is 5.32 Å². The predicted octanol–water partition coefficient (Wildman–Crippen LogP) is 3.23. The summed E-state index contributed by atoms with van der Waals surface area (Å²) in [7, 11) is 0. The van der Waals surface area contributed by atoms with Gasteiger partial charge in [0.2, 0.25) is 5.89 Å². The third kappa shape index (κ3) is 3.53. The van der Waals surface area contributed by atoms with Crippen molar-refractivity contribution in [3.8, 4) is 0 Å². The van der Waals surface area contributed by atoms with Gasteiger partial charge >= 0.3 is 0 Å². The molecule has 0 aromatic carbocycles. The Labute approximate surface area is 153 Å². The summed E-state index contributed by atoms with van der Waals surface area (Å²) in [6.45, 7) is 5.44. The Bertz CT molecular complexity index is 756. The van der Waals surface area contributed by atoms with Crippen LogP contribution in [-0.4, -0.2) is 33.8 Å². The van der Waals surface area contributed by atoms with Crippen molar-refractivity contribution in [3.05, 3.63) is 35.7 Å². The molecule has 2 aromatic heterocycles. The molecule has 3 heterocycles. The first-order valence-corrected chi connectivity index (χ1v) is 9.52. The maximum atomic E-state index is 13.0. The van der Waals surface area contributed by atoms with Crippen molar-refractivity contribution in [1.29, 1.82) is 0 Å². The van der Waals surface area contributed by atoms with Crippen LogP contribution in [0, 0.1) is 5.92 Å². The summed E-state index contributed by atoms with van der Waals surface area (Å²) in [5, 5.41) is 7.25. The van der Waals surface area contributed by atoms with Crippen molar-refractivity contribution in [3.63, 3.8) is 0 Å². The lowest BCUT2D eigenvalue weighted by Crippen LogP contribution is -2.37. The summed E-state index contributed by atoms with van der Waals surface area (Å²) >= 11 is 0. The molecule has 0 bridgehead atoms. The van der Waals surface area contributed by atoms with Crippen LogP contribution in [0.2, 0.25) is 0 Å². The van der Waals surface area contributed by atoms with Gasteiger partial charge in [0.1, 0.15) is 11.7 Å². The van der Waals surface area contributed by atoms with Gasteiger partial charge in [-0.2, -0.15) is 4.98 Å². The predicted molar refractivity (Wildman–Crippen MR) is 94.8 cm³/mol. The Morgan fingerprint density at radius 2 is 2.04 bits per heavy atom. The van der Waals surface area contributed by atoms with E-state index in [1.54, 1.807) is 0 Å². The van der Waals surface area contributed by atoms with Crippen molar-refractivity contribution in [2.24, 2.45) is 5.92 Å². The molecule has 1 atom stereocenters. The standard InChI is InChI=1S/C19H26N4O3/c1-12(2)17-21-19(26-22-17)16(13-7-10-25-11-8-13)20-18(24)15-4-3-9-23(15)14-5-6-14/h3-4,9,12-14,16H,5-8,10-11H2,1-2H3,(H,20,24)/t16-/m0/s1. The molecule has 7 heteroatoms. The van der Waals surface area contributed by atoms with Crippen LogP contribution >= 0.6 is 0 Å². The summed E-state index contributed by atoms with van der Waals surface area (Å²) in [6.07, 6.45) is 6.00. The van der Waals surface area contributed by atoms with E-state index in [9.17, 15) is 4.79 Å². The number of hydrogen-bond donors (Lipinski definition) is 1. The highest BCUT2D eigenvalue weighted by molar-refractivity contribution is 5.93. The zero-order valence-corrected chi connectivity index (χ0v) is 15.4. The number of amides is 1. The molecule has 26 heavy (non-hydrogen) atoms. The van der Waals surface area contributed by atoms with Crippen LogP contribution in [0.25, 0.3) is 0 Å². The van der Waals surface area contributed by atoms with E-state index in [1.165, 1.54) is 0 Å². The highest BCUT2D eigenvalue weighted by Gasteiger charge is 2.33. The van der Waals surface area contributed by atoms with Crippen molar-refractivity contribution in [2.75, 3.05) is 13.2 Å². The zero-order chi connectivity index (χ0) is 18.1. The Morgan fingerprint density at radius 3 is 2.69 bits per heavy atom. The Kier molecular flexibility index (Phi) is 4.80. The smallest absolute Gasteiger partial charge is 0.268 e. The molecule has 2 fully saturated rings. The minimum absolute atomic E-state index is 0.0808. The number of ether oxygens (including phenoxy) is 1. The molecule has 2 aliphatic rings. The van der Waals surface area contributed by atoms with Crippen LogP contribution in [0.4, 0.5) is 0 Å². The maximum Gasteiger partial charge on any atom is 0.268 e. The SMILES string of the molecule is CC(C)c1noc([C@@H](NC(=O)c2cccn2C2CC2)C2CCOCC2)n1. The quantitative estimate of drug-likeness (QED) is 0.857. The lowest BCUT2D eigenvalue weighted by Gasteiger charge is -2.28. The van der Waals surface area contributed by atoms with Gasteiger partial charge in [-0.15, -0.1) is 0 Å². The fourth-order valence-electron chi connectivity index (χ4n) is 3.51. The van der Waals surface area contributed by atoms with Gasteiger partial charge in [0.05, 0.1) is 0 Å². The molecule has 4 rings (SSSR count). The van der Waals surface area contributed by atoms with Crippen molar-refractivity contribution < 1.29 is 14.1 Å². The largest absolute Gasteiger partial charge is 0.381 e. The average molecular weight is 358 g/mol. The van der Waals surface area contributed by atoms with E-state index in [0.29, 0.717) is 36.7 Å². The number of nitrogens with zero attached hydrogens (tertiary/aromatic N) is 3. The van der Waals surface area contributed by atoms with Crippen LogP contribution in [0.1, 0.15) is 79.7 Å². The summed E-state index contributed by atoms with van der Waals surface area (Å²) in [6, 6.07) is 3.99. The van der Waals surface area contributed by atoms with Gasteiger partial charge in [0.25, 0.3) is 5.91 Å². The second kappa shape index (κ2) is 7.23. The minimum Gasteiger partial charge on any atom is -0.381 e. The molecule has 2 aromatic rings. The fraction of sp³-hybridized carbons (Fsp3) is 0.632. The van der Waals surface area contributed by atoms with Gasteiger partial charge in [-0.05, 0) is 43.7 Å². The second-order valence-electron chi connectivity index (χ2n) is 7.58. The van der Waals surface area contributed by atoms with E-state index in [4.69, 9.17) is 9.26 Å². The van der Waals surface area contributed by atoms with Crippen molar-refractivity contribution >= 4 is 5.91 Å². The number of carbonyl (C=O) groups is 1. The van der Waals surface area contributed by atoms with Crippen LogP contribution in [0.5, 0.6) is 0 Å².